The number of rotatable bonds is 4. The van der Waals surface area contributed by atoms with Crippen molar-refractivity contribution >= 4 is 17.5 Å². The second kappa shape index (κ2) is 8.87. The smallest absolute Gasteiger partial charge is 0.232 e. The summed E-state index contributed by atoms with van der Waals surface area (Å²) in [6, 6.07) is 13.8. The number of allylic oxidation sites excluding steroid dienone is 1. The highest BCUT2D eigenvalue weighted by Crippen LogP contribution is 2.43. The largest absolute Gasteiger partial charge is 0.507 e. The van der Waals surface area contributed by atoms with E-state index in [2.05, 4.69) is 4.90 Å². The van der Waals surface area contributed by atoms with Gasteiger partial charge in [0.05, 0.1) is 16.8 Å². The number of para-hydroxylation sites is 1. The number of aryl methyl sites for hydroxylation is 1. The van der Waals surface area contributed by atoms with Crippen LogP contribution in [-0.4, -0.2) is 48.8 Å². The van der Waals surface area contributed by atoms with E-state index >= 15 is 0 Å². The Morgan fingerprint density at radius 1 is 1.03 bits per heavy atom. The highest BCUT2D eigenvalue weighted by Gasteiger charge is 2.34. The van der Waals surface area contributed by atoms with Gasteiger partial charge in [-0.25, -0.2) is 4.39 Å². The molecule has 36 heavy (non-hydrogen) atoms. The molecule has 0 unspecified atom stereocenters. The number of phenolic OH excluding ortho intramolecular Hbond substituents is 1. The maximum absolute atomic E-state index is 14.2. The first-order valence-corrected chi connectivity index (χ1v) is 11.9. The molecule has 1 N–H and O–H groups in total. The zero-order chi connectivity index (χ0) is 24.8. The van der Waals surface area contributed by atoms with Gasteiger partial charge in [-0.2, -0.15) is 0 Å². The molecule has 0 spiro atoms. The van der Waals surface area contributed by atoms with Crippen LogP contribution in [0.25, 0.3) is 6.08 Å². The average Bonchev–Trinajstić information content (AvgIpc) is 3.47. The van der Waals surface area contributed by atoms with E-state index < -0.39 is 0 Å². The summed E-state index contributed by atoms with van der Waals surface area (Å²) in [6.45, 7) is 5.07. The predicted octanol–water partition coefficient (Wildman–Crippen LogP) is 4.51. The number of carbonyl (C=O) groups is 1. The molecule has 1 saturated heterocycles. The summed E-state index contributed by atoms with van der Waals surface area (Å²) in [6.07, 6.45) is 1.68. The van der Waals surface area contributed by atoms with E-state index in [9.17, 15) is 14.3 Å². The molecule has 0 bridgehead atoms. The second-order valence-electron chi connectivity index (χ2n) is 9.16. The number of fused-ring (bicyclic) bond motifs is 2. The lowest BCUT2D eigenvalue weighted by molar-refractivity contribution is 0.101. The molecule has 7 nitrogen and oxygen atoms in total. The first-order valence-electron chi connectivity index (χ1n) is 11.9. The van der Waals surface area contributed by atoms with Crippen molar-refractivity contribution in [2.75, 3.05) is 37.9 Å². The van der Waals surface area contributed by atoms with Crippen LogP contribution in [0.4, 0.5) is 10.1 Å². The van der Waals surface area contributed by atoms with Gasteiger partial charge in [0.25, 0.3) is 0 Å². The fourth-order valence-corrected chi connectivity index (χ4v) is 4.97. The fourth-order valence-electron chi connectivity index (χ4n) is 4.97. The molecule has 0 amide bonds. The number of piperazine rings is 1. The van der Waals surface area contributed by atoms with E-state index in [4.69, 9.17) is 14.2 Å². The summed E-state index contributed by atoms with van der Waals surface area (Å²) in [7, 11) is 0. The SMILES string of the molecule is Cc1cc(O)c(CN2CCN(c3ccccc3F)CC2)c2c1C(=O)/C(=C/c1ccc3c(c1)OCO3)O2. The third kappa shape index (κ3) is 3.93. The lowest BCUT2D eigenvalue weighted by Gasteiger charge is -2.36. The topological polar surface area (TPSA) is 71.5 Å². The van der Waals surface area contributed by atoms with E-state index in [1.54, 1.807) is 43.3 Å². The Morgan fingerprint density at radius 2 is 1.81 bits per heavy atom. The Hall–Kier alpha value is -4.04. The van der Waals surface area contributed by atoms with Gasteiger partial charge in [-0.15, -0.1) is 0 Å². The first-order chi connectivity index (χ1) is 17.5. The normalized spacial score (nSPS) is 18.0. The minimum atomic E-state index is -0.228. The maximum atomic E-state index is 14.2. The van der Waals surface area contributed by atoms with Gasteiger partial charge in [0.15, 0.2) is 17.3 Å². The molecular formula is C28H25FN2O5. The summed E-state index contributed by atoms with van der Waals surface area (Å²) in [4.78, 5) is 17.5. The summed E-state index contributed by atoms with van der Waals surface area (Å²) in [5.74, 6) is 1.54. The van der Waals surface area contributed by atoms with Gasteiger partial charge >= 0.3 is 0 Å². The van der Waals surface area contributed by atoms with E-state index in [0.717, 1.165) is 5.56 Å². The number of hydrogen-bond acceptors (Lipinski definition) is 7. The van der Waals surface area contributed by atoms with E-state index in [0.29, 0.717) is 72.4 Å². The summed E-state index contributed by atoms with van der Waals surface area (Å²) < 4.78 is 31.1. The minimum Gasteiger partial charge on any atom is -0.507 e. The molecule has 3 aromatic carbocycles. The highest BCUT2D eigenvalue weighted by molar-refractivity contribution is 6.15. The average molecular weight is 489 g/mol. The summed E-state index contributed by atoms with van der Waals surface area (Å²) in [5.41, 5.74) is 3.07. The molecule has 184 valence electrons. The van der Waals surface area contributed by atoms with E-state index in [-0.39, 0.29) is 29.9 Å². The van der Waals surface area contributed by atoms with Gasteiger partial charge in [-0.05, 0) is 54.5 Å². The molecule has 0 atom stereocenters. The quantitative estimate of drug-likeness (QED) is 0.542. The Kier molecular flexibility index (Phi) is 5.53. The number of aromatic hydroxyl groups is 1. The van der Waals surface area contributed by atoms with Crippen LogP contribution in [0, 0.1) is 12.7 Å². The van der Waals surface area contributed by atoms with Gasteiger partial charge < -0.3 is 24.2 Å². The molecule has 0 saturated carbocycles. The Balaban J connectivity index is 1.23. The van der Waals surface area contributed by atoms with E-state index in [1.807, 2.05) is 17.0 Å². The Morgan fingerprint density at radius 3 is 2.61 bits per heavy atom. The molecule has 8 heteroatoms. The molecule has 3 aliphatic heterocycles. The molecule has 3 aliphatic rings. The van der Waals surface area contributed by atoms with Crippen molar-refractivity contribution in [2.24, 2.45) is 0 Å². The number of Topliss-reactive ketones (excluding diaryl/α,β-unsaturated/α-hetero) is 1. The van der Waals surface area contributed by atoms with Gasteiger partial charge in [-0.3, -0.25) is 9.69 Å². The number of nitrogens with zero attached hydrogens (tertiary/aromatic N) is 2. The third-order valence-corrected chi connectivity index (χ3v) is 6.86. The molecule has 0 aromatic heterocycles. The number of carbonyl (C=O) groups excluding carboxylic acids is 1. The number of anilines is 1. The molecule has 3 aromatic rings. The van der Waals surface area contributed by atoms with Gasteiger partial charge in [0.2, 0.25) is 12.6 Å². The van der Waals surface area contributed by atoms with Crippen LogP contribution >= 0.6 is 0 Å². The van der Waals surface area contributed by atoms with Crippen molar-refractivity contribution in [1.29, 1.82) is 0 Å². The van der Waals surface area contributed by atoms with Crippen molar-refractivity contribution in [3.8, 4) is 23.0 Å². The Bertz CT molecular complexity index is 1390. The van der Waals surface area contributed by atoms with E-state index in [1.165, 1.54) is 6.07 Å². The van der Waals surface area contributed by atoms with Gasteiger partial charge in [-0.1, -0.05) is 18.2 Å². The van der Waals surface area contributed by atoms with Crippen molar-refractivity contribution in [3.05, 3.63) is 82.4 Å². The van der Waals surface area contributed by atoms with Crippen molar-refractivity contribution in [2.45, 2.75) is 13.5 Å². The lowest BCUT2D eigenvalue weighted by atomic mass is 9.99. The third-order valence-electron chi connectivity index (χ3n) is 6.86. The number of halogens is 1. The molecular weight excluding hydrogens is 463 g/mol. The van der Waals surface area contributed by atoms with Crippen molar-refractivity contribution < 1.29 is 28.5 Å². The van der Waals surface area contributed by atoms with Crippen LogP contribution in [0.3, 0.4) is 0 Å². The van der Waals surface area contributed by atoms with Crippen LogP contribution < -0.4 is 19.1 Å². The van der Waals surface area contributed by atoms with Gasteiger partial charge in [0, 0.05) is 32.7 Å². The zero-order valence-corrected chi connectivity index (χ0v) is 19.8. The maximum Gasteiger partial charge on any atom is 0.232 e. The molecule has 1 fully saturated rings. The molecule has 3 heterocycles. The standard InChI is InChI=1S/C28H25FN2O5/c1-17-12-22(32)19(15-30-8-10-31(11-9-30)21-5-3-2-4-20(21)29)28-26(17)27(33)25(36-28)14-18-6-7-23-24(13-18)35-16-34-23/h2-7,12-14,32H,8-11,15-16H2,1H3/b25-14-. The fraction of sp³-hybridized carbons (Fsp3) is 0.250. The van der Waals surface area contributed by atoms with Crippen LogP contribution in [0.2, 0.25) is 0 Å². The van der Waals surface area contributed by atoms with Gasteiger partial charge in [0.1, 0.15) is 17.3 Å². The lowest BCUT2D eigenvalue weighted by Crippen LogP contribution is -2.46. The molecule has 6 rings (SSSR count). The Labute approximate surface area is 207 Å². The second-order valence-corrected chi connectivity index (χ2v) is 9.16. The monoisotopic (exact) mass is 488 g/mol. The number of phenols is 1. The first kappa shape index (κ1) is 22.4. The predicted molar refractivity (Wildman–Crippen MR) is 132 cm³/mol. The summed E-state index contributed by atoms with van der Waals surface area (Å²) >= 11 is 0. The molecule has 0 aliphatic carbocycles. The van der Waals surface area contributed by atoms with Crippen LogP contribution in [0.15, 0.2) is 54.3 Å². The van der Waals surface area contributed by atoms with Crippen LogP contribution in [-0.2, 0) is 6.54 Å². The van der Waals surface area contributed by atoms with Crippen molar-refractivity contribution in [3.63, 3.8) is 0 Å². The molecule has 0 radical (unpaired) electrons. The number of ketones is 1. The minimum absolute atomic E-state index is 0.0971. The zero-order valence-electron chi connectivity index (χ0n) is 19.8. The van der Waals surface area contributed by atoms with Crippen molar-refractivity contribution in [1.82, 2.24) is 4.90 Å². The number of hydrogen-bond donors (Lipinski definition) is 1. The number of ether oxygens (including phenoxy) is 3. The number of benzene rings is 3. The van der Waals surface area contributed by atoms with Crippen LogP contribution in [0.5, 0.6) is 23.0 Å². The summed E-state index contributed by atoms with van der Waals surface area (Å²) in [5, 5.41) is 10.8. The highest BCUT2D eigenvalue weighted by atomic mass is 19.1. The van der Waals surface area contributed by atoms with Crippen LogP contribution in [0.1, 0.15) is 27.0 Å².